The van der Waals surface area contributed by atoms with Gasteiger partial charge in [-0.15, -0.1) is 11.3 Å². The van der Waals surface area contributed by atoms with Crippen molar-refractivity contribution in [3.05, 3.63) is 38.7 Å². The summed E-state index contributed by atoms with van der Waals surface area (Å²) in [6.45, 7) is 0.0754. The maximum absolute atomic E-state index is 12.4. The highest BCUT2D eigenvalue weighted by Gasteiger charge is 2.25. The van der Waals surface area contributed by atoms with Crippen molar-refractivity contribution in [1.29, 1.82) is 0 Å². The van der Waals surface area contributed by atoms with E-state index < -0.39 is 16.0 Å². The van der Waals surface area contributed by atoms with E-state index in [0.29, 0.717) is 0 Å². The van der Waals surface area contributed by atoms with Crippen LogP contribution in [0.25, 0.3) is 0 Å². The Balaban J connectivity index is 2.15. The summed E-state index contributed by atoms with van der Waals surface area (Å²) in [6.07, 6.45) is -0.388. The first-order valence-electron chi connectivity index (χ1n) is 6.20. The summed E-state index contributed by atoms with van der Waals surface area (Å²) in [4.78, 5) is 11.6. The molecular formula is C13H15NO5S3. The van der Waals surface area contributed by atoms with Crippen LogP contribution in [0.2, 0.25) is 0 Å². The number of ether oxygens (including phenoxy) is 2. The van der Waals surface area contributed by atoms with Gasteiger partial charge in [0.2, 0.25) is 10.0 Å². The molecule has 0 saturated heterocycles. The van der Waals surface area contributed by atoms with E-state index in [1.165, 1.54) is 37.0 Å². The molecule has 9 heteroatoms. The summed E-state index contributed by atoms with van der Waals surface area (Å²) in [5.74, 6) is -0.670. The number of hydrogen-bond donors (Lipinski definition) is 1. The molecule has 2 heterocycles. The topological polar surface area (TPSA) is 81.7 Å². The van der Waals surface area contributed by atoms with Gasteiger partial charge in [0.15, 0.2) is 0 Å². The Labute approximate surface area is 136 Å². The Morgan fingerprint density at radius 1 is 1.32 bits per heavy atom. The van der Waals surface area contributed by atoms with Crippen molar-refractivity contribution in [2.45, 2.75) is 11.0 Å². The summed E-state index contributed by atoms with van der Waals surface area (Å²) in [5, 5.41) is 5.32. The monoisotopic (exact) mass is 361 g/mol. The van der Waals surface area contributed by atoms with E-state index in [2.05, 4.69) is 9.46 Å². The number of rotatable bonds is 7. The van der Waals surface area contributed by atoms with E-state index in [1.807, 2.05) is 16.8 Å². The van der Waals surface area contributed by atoms with Crippen LogP contribution in [-0.4, -0.2) is 35.2 Å². The molecule has 1 unspecified atom stereocenters. The summed E-state index contributed by atoms with van der Waals surface area (Å²) < 4.78 is 37.1. The zero-order valence-corrected chi connectivity index (χ0v) is 14.4. The molecule has 1 N–H and O–H groups in total. The molecule has 0 fully saturated rings. The van der Waals surface area contributed by atoms with Gasteiger partial charge in [-0.25, -0.2) is 17.9 Å². The molecule has 120 valence electrons. The van der Waals surface area contributed by atoms with Gasteiger partial charge in [-0.3, -0.25) is 0 Å². The highest BCUT2D eigenvalue weighted by molar-refractivity contribution is 7.89. The van der Waals surface area contributed by atoms with Crippen LogP contribution in [0.3, 0.4) is 0 Å². The molecule has 22 heavy (non-hydrogen) atoms. The Bertz CT molecular complexity index is 721. The van der Waals surface area contributed by atoms with Crippen LogP contribution in [0.15, 0.2) is 33.2 Å². The maximum atomic E-state index is 12.4. The average Bonchev–Trinajstić information content (AvgIpc) is 3.18. The minimum absolute atomic E-state index is 0.0551. The van der Waals surface area contributed by atoms with Crippen molar-refractivity contribution in [2.24, 2.45) is 0 Å². The molecule has 0 bridgehead atoms. The smallest absolute Gasteiger partial charge is 0.349 e. The first kappa shape index (κ1) is 17.1. The van der Waals surface area contributed by atoms with Gasteiger partial charge in [-0.1, -0.05) is 0 Å². The third-order valence-corrected chi connectivity index (χ3v) is 6.14. The largest absolute Gasteiger partial charge is 0.465 e. The van der Waals surface area contributed by atoms with Crippen molar-refractivity contribution >= 4 is 38.7 Å². The molecule has 2 aromatic rings. The van der Waals surface area contributed by atoms with Crippen molar-refractivity contribution in [3.8, 4) is 0 Å². The number of thiophene rings is 2. The lowest BCUT2D eigenvalue weighted by Gasteiger charge is -2.15. The number of esters is 1. The highest BCUT2D eigenvalue weighted by Crippen LogP contribution is 2.24. The van der Waals surface area contributed by atoms with Crippen LogP contribution in [0.4, 0.5) is 0 Å². The third kappa shape index (κ3) is 3.73. The summed E-state index contributed by atoms with van der Waals surface area (Å²) >= 11 is 2.53. The molecule has 0 aliphatic heterocycles. The lowest BCUT2D eigenvalue weighted by atomic mass is 10.2. The molecule has 2 rings (SSSR count). The van der Waals surface area contributed by atoms with Gasteiger partial charge in [0.1, 0.15) is 9.77 Å². The first-order chi connectivity index (χ1) is 10.5. The molecule has 0 aromatic carbocycles. The predicted octanol–water partition coefficient (Wildman–Crippen LogP) is 2.26. The fourth-order valence-corrected chi connectivity index (χ4v) is 4.88. The van der Waals surface area contributed by atoms with Crippen LogP contribution >= 0.6 is 22.7 Å². The number of hydrogen-bond acceptors (Lipinski definition) is 7. The molecule has 0 amide bonds. The number of methoxy groups -OCH3 is 2. The molecule has 2 aromatic heterocycles. The predicted molar refractivity (Wildman–Crippen MR) is 84.9 cm³/mol. The van der Waals surface area contributed by atoms with Gasteiger partial charge in [0.05, 0.1) is 13.2 Å². The molecular weight excluding hydrogens is 346 g/mol. The minimum Gasteiger partial charge on any atom is -0.465 e. The summed E-state index contributed by atoms with van der Waals surface area (Å²) in [7, 11) is -1.09. The van der Waals surface area contributed by atoms with Gasteiger partial charge in [-0.2, -0.15) is 11.3 Å². The Hall–Kier alpha value is -1.26. The molecule has 0 spiro atoms. The molecule has 6 nitrogen and oxygen atoms in total. The van der Waals surface area contributed by atoms with Crippen LogP contribution in [0.5, 0.6) is 0 Å². The molecule has 1 atom stereocenters. The molecule has 0 saturated carbocycles. The second kappa shape index (κ2) is 7.34. The molecule has 0 radical (unpaired) electrons. The number of carbonyl (C=O) groups excluding carboxylic acids is 1. The number of sulfonamides is 1. The number of nitrogens with one attached hydrogen (secondary N) is 1. The van der Waals surface area contributed by atoms with Crippen molar-refractivity contribution in [1.82, 2.24) is 4.72 Å². The zero-order chi connectivity index (χ0) is 16.2. The van der Waals surface area contributed by atoms with Crippen molar-refractivity contribution < 1.29 is 22.7 Å². The molecule has 0 aliphatic carbocycles. The third-order valence-electron chi connectivity index (χ3n) is 2.95. The minimum atomic E-state index is -3.82. The van der Waals surface area contributed by atoms with Crippen molar-refractivity contribution in [3.63, 3.8) is 0 Å². The normalized spacial score (nSPS) is 13.0. The standard InChI is InChI=1S/C13H15NO5S3/c1-18-10(9-3-5-20-8-9)7-14-22(16,17)11-4-6-21-12(11)13(15)19-2/h3-6,8,10,14H,7H2,1-2H3. The summed E-state index contributed by atoms with van der Waals surface area (Å²) in [5.41, 5.74) is 0.897. The maximum Gasteiger partial charge on any atom is 0.349 e. The Morgan fingerprint density at radius 3 is 2.68 bits per heavy atom. The fourth-order valence-electron chi connectivity index (χ4n) is 1.81. The van der Waals surface area contributed by atoms with E-state index in [0.717, 1.165) is 16.9 Å². The number of carbonyl (C=O) groups is 1. The van der Waals surface area contributed by atoms with Crippen LogP contribution in [0, 0.1) is 0 Å². The van der Waals surface area contributed by atoms with Crippen LogP contribution in [-0.2, 0) is 19.5 Å². The lowest BCUT2D eigenvalue weighted by Crippen LogP contribution is -2.29. The van der Waals surface area contributed by atoms with Crippen LogP contribution in [0.1, 0.15) is 21.3 Å². The fraction of sp³-hybridized carbons (Fsp3) is 0.308. The Kier molecular flexibility index (Phi) is 5.70. The van der Waals surface area contributed by atoms with Crippen LogP contribution < -0.4 is 4.72 Å². The second-order valence-corrected chi connectivity index (χ2v) is 7.67. The SMILES string of the molecule is COC(=O)c1sccc1S(=O)(=O)NCC(OC)c1ccsc1. The molecule has 0 aliphatic rings. The second-order valence-electron chi connectivity index (χ2n) is 4.24. The first-order valence-corrected chi connectivity index (χ1v) is 9.50. The van der Waals surface area contributed by atoms with E-state index >= 15 is 0 Å². The van der Waals surface area contributed by atoms with E-state index in [-0.39, 0.29) is 22.4 Å². The van der Waals surface area contributed by atoms with Gasteiger partial charge in [0, 0.05) is 13.7 Å². The lowest BCUT2D eigenvalue weighted by molar-refractivity contribution is 0.0602. The highest BCUT2D eigenvalue weighted by atomic mass is 32.2. The zero-order valence-electron chi connectivity index (χ0n) is 11.9. The average molecular weight is 361 g/mol. The van der Waals surface area contributed by atoms with Gasteiger partial charge >= 0.3 is 5.97 Å². The van der Waals surface area contributed by atoms with Gasteiger partial charge in [0.25, 0.3) is 0 Å². The summed E-state index contributed by atoms with van der Waals surface area (Å²) in [6, 6.07) is 3.25. The van der Waals surface area contributed by atoms with E-state index in [9.17, 15) is 13.2 Å². The van der Waals surface area contributed by atoms with E-state index in [1.54, 1.807) is 0 Å². The quantitative estimate of drug-likeness (QED) is 0.765. The van der Waals surface area contributed by atoms with Gasteiger partial charge in [-0.05, 0) is 33.8 Å². The van der Waals surface area contributed by atoms with E-state index in [4.69, 9.17) is 4.74 Å². The van der Waals surface area contributed by atoms with Gasteiger partial charge < -0.3 is 9.47 Å². The van der Waals surface area contributed by atoms with Crippen molar-refractivity contribution in [2.75, 3.05) is 20.8 Å². The Morgan fingerprint density at radius 2 is 2.09 bits per heavy atom.